The van der Waals surface area contributed by atoms with Crippen molar-refractivity contribution in [3.63, 3.8) is 0 Å². The van der Waals surface area contributed by atoms with Gasteiger partial charge in [0.15, 0.2) is 0 Å². The van der Waals surface area contributed by atoms with Crippen molar-refractivity contribution in [2.75, 3.05) is 6.54 Å². The Morgan fingerprint density at radius 2 is 2.19 bits per heavy atom. The van der Waals surface area contributed by atoms with Crippen molar-refractivity contribution in [3.8, 4) is 0 Å². The maximum atomic E-state index is 12.7. The molecule has 0 aliphatic heterocycles. The van der Waals surface area contributed by atoms with E-state index in [1.165, 1.54) is 29.1 Å². The Bertz CT molecular complexity index is 948. The van der Waals surface area contributed by atoms with Crippen LogP contribution in [0.15, 0.2) is 41.1 Å². The van der Waals surface area contributed by atoms with E-state index in [1.807, 2.05) is 6.92 Å². The van der Waals surface area contributed by atoms with Crippen molar-refractivity contribution >= 4 is 22.5 Å². The molecule has 0 bridgehead atoms. The number of aromatic nitrogens is 2. The van der Waals surface area contributed by atoms with Crippen LogP contribution in [0, 0.1) is 10.1 Å². The smallest absolute Gasteiger partial charge is 0.271 e. The molecule has 1 amide bonds. The first-order valence-corrected chi connectivity index (χ1v) is 8.64. The van der Waals surface area contributed by atoms with Crippen LogP contribution in [0.2, 0.25) is 0 Å². The molecule has 0 atom stereocenters. The predicted octanol–water partition coefficient (Wildman–Crippen LogP) is 2.61. The maximum Gasteiger partial charge on any atom is 0.271 e. The number of nitrogens with zero attached hydrogens (tertiary/aromatic N) is 4. The van der Waals surface area contributed by atoms with Gasteiger partial charge in [-0.05, 0) is 38.7 Å². The Balaban J connectivity index is 1.88. The lowest BCUT2D eigenvalue weighted by molar-refractivity contribution is -0.384. The molecule has 0 spiro atoms. The Kier molecular flexibility index (Phi) is 5.11. The van der Waals surface area contributed by atoms with Gasteiger partial charge in [-0.2, -0.15) is 0 Å². The van der Waals surface area contributed by atoms with Gasteiger partial charge in [0.2, 0.25) is 5.91 Å². The summed E-state index contributed by atoms with van der Waals surface area (Å²) >= 11 is 0. The number of carbonyl (C=O) groups is 1. The van der Waals surface area contributed by atoms with E-state index in [9.17, 15) is 19.7 Å². The highest BCUT2D eigenvalue weighted by Gasteiger charge is 2.19. The summed E-state index contributed by atoms with van der Waals surface area (Å²) in [6.07, 6.45) is 7.39. The molecular formula is C18H20N4O4. The van der Waals surface area contributed by atoms with Crippen LogP contribution >= 0.6 is 0 Å². The number of fused-ring (bicyclic) bond motifs is 1. The zero-order valence-corrected chi connectivity index (χ0v) is 14.6. The third-order valence-electron chi connectivity index (χ3n) is 4.56. The van der Waals surface area contributed by atoms with E-state index in [1.54, 1.807) is 4.90 Å². The topological polar surface area (TPSA) is 98.3 Å². The SMILES string of the molecule is CCN(C(=O)Cn1cnc2cc([N+](=O)[O-])ccc2c1=O)C1=CCCCC1. The molecule has 26 heavy (non-hydrogen) atoms. The van der Waals surface area contributed by atoms with Gasteiger partial charge in [-0.1, -0.05) is 6.08 Å². The van der Waals surface area contributed by atoms with Crippen LogP contribution < -0.4 is 5.56 Å². The van der Waals surface area contributed by atoms with E-state index < -0.39 is 4.92 Å². The molecule has 1 aromatic carbocycles. The third kappa shape index (κ3) is 3.49. The van der Waals surface area contributed by atoms with Gasteiger partial charge in [-0.3, -0.25) is 24.3 Å². The van der Waals surface area contributed by atoms with E-state index in [4.69, 9.17) is 0 Å². The average molecular weight is 356 g/mol. The van der Waals surface area contributed by atoms with Crippen LogP contribution in [-0.4, -0.2) is 31.8 Å². The first kappa shape index (κ1) is 17.8. The van der Waals surface area contributed by atoms with Crippen LogP contribution in [0.4, 0.5) is 5.69 Å². The van der Waals surface area contributed by atoms with E-state index in [-0.39, 0.29) is 34.6 Å². The Morgan fingerprint density at radius 1 is 1.38 bits per heavy atom. The summed E-state index contributed by atoms with van der Waals surface area (Å²) in [7, 11) is 0. The van der Waals surface area contributed by atoms with Gasteiger partial charge in [0.25, 0.3) is 11.2 Å². The standard InChI is InChI=1S/C18H20N4O4/c1-2-21(13-6-4-3-5-7-13)17(23)11-20-12-19-16-10-14(22(25)26)8-9-15(16)18(20)24/h6,8-10,12H,2-5,7,11H2,1H3. The lowest BCUT2D eigenvalue weighted by atomic mass is 10.0. The first-order valence-electron chi connectivity index (χ1n) is 8.64. The van der Waals surface area contributed by atoms with Crippen molar-refractivity contribution in [2.24, 2.45) is 0 Å². The van der Waals surface area contributed by atoms with Crippen LogP contribution in [-0.2, 0) is 11.3 Å². The fourth-order valence-corrected chi connectivity index (χ4v) is 3.21. The summed E-state index contributed by atoms with van der Waals surface area (Å²) in [4.78, 5) is 41.4. The van der Waals surface area contributed by atoms with Gasteiger partial charge in [0.05, 0.1) is 22.2 Å². The van der Waals surface area contributed by atoms with Gasteiger partial charge in [-0.15, -0.1) is 0 Å². The van der Waals surface area contributed by atoms with E-state index in [0.717, 1.165) is 31.4 Å². The molecule has 1 aliphatic carbocycles. The fraction of sp³-hybridized carbons (Fsp3) is 0.389. The number of benzene rings is 1. The molecule has 1 aliphatic rings. The largest absolute Gasteiger partial charge is 0.315 e. The second-order valence-corrected chi connectivity index (χ2v) is 6.22. The fourth-order valence-electron chi connectivity index (χ4n) is 3.21. The lowest BCUT2D eigenvalue weighted by Gasteiger charge is -2.26. The number of likely N-dealkylation sites (N-methyl/N-ethyl adjacent to an activating group) is 1. The minimum atomic E-state index is -0.535. The van der Waals surface area contributed by atoms with Crippen LogP contribution in [0.25, 0.3) is 10.9 Å². The van der Waals surface area contributed by atoms with Crippen molar-refractivity contribution < 1.29 is 9.72 Å². The summed E-state index contributed by atoms with van der Waals surface area (Å²) in [6, 6.07) is 3.90. The number of non-ortho nitro benzene ring substituents is 1. The molecule has 0 saturated heterocycles. The van der Waals surface area contributed by atoms with Crippen molar-refractivity contribution in [2.45, 2.75) is 39.2 Å². The van der Waals surface area contributed by atoms with Gasteiger partial charge < -0.3 is 4.90 Å². The Morgan fingerprint density at radius 3 is 2.85 bits per heavy atom. The molecular weight excluding hydrogens is 336 g/mol. The molecule has 8 heteroatoms. The molecule has 0 saturated carbocycles. The number of hydrogen-bond acceptors (Lipinski definition) is 5. The minimum absolute atomic E-state index is 0.107. The molecule has 3 rings (SSSR count). The minimum Gasteiger partial charge on any atom is -0.315 e. The van der Waals surface area contributed by atoms with Crippen LogP contribution in [0.3, 0.4) is 0 Å². The van der Waals surface area contributed by atoms with Gasteiger partial charge >= 0.3 is 0 Å². The molecule has 0 unspecified atom stereocenters. The van der Waals surface area contributed by atoms with Gasteiger partial charge in [-0.25, -0.2) is 4.98 Å². The number of hydrogen-bond donors (Lipinski definition) is 0. The van der Waals surface area contributed by atoms with E-state index >= 15 is 0 Å². The van der Waals surface area contributed by atoms with Crippen molar-refractivity contribution in [3.05, 3.63) is 56.8 Å². The number of carbonyl (C=O) groups excluding carboxylic acids is 1. The highest BCUT2D eigenvalue weighted by Crippen LogP contribution is 2.21. The zero-order valence-electron chi connectivity index (χ0n) is 14.6. The highest BCUT2D eigenvalue weighted by atomic mass is 16.6. The molecule has 0 fully saturated rings. The molecule has 8 nitrogen and oxygen atoms in total. The van der Waals surface area contributed by atoms with E-state index in [0.29, 0.717) is 6.54 Å². The lowest BCUT2D eigenvalue weighted by Crippen LogP contribution is -2.36. The van der Waals surface area contributed by atoms with E-state index in [2.05, 4.69) is 11.1 Å². The van der Waals surface area contributed by atoms with Gasteiger partial charge in [0, 0.05) is 24.4 Å². The van der Waals surface area contributed by atoms with Gasteiger partial charge in [0.1, 0.15) is 6.54 Å². The molecule has 1 heterocycles. The molecule has 1 aromatic heterocycles. The molecule has 0 N–H and O–H groups in total. The third-order valence-corrected chi connectivity index (χ3v) is 4.56. The van der Waals surface area contributed by atoms with Crippen LogP contribution in [0.5, 0.6) is 0 Å². The average Bonchev–Trinajstić information content (AvgIpc) is 2.65. The second kappa shape index (κ2) is 7.47. The molecule has 0 radical (unpaired) electrons. The second-order valence-electron chi connectivity index (χ2n) is 6.22. The number of rotatable bonds is 5. The number of nitro benzene ring substituents is 1. The Labute approximate surface area is 149 Å². The Hall–Kier alpha value is -3.03. The summed E-state index contributed by atoms with van der Waals surface area (Å²) in [5.41, 5.74) is 0.753. The predicted molar refractivity (Wildman–Crippen MR) is 96.6 cm³/mol. The summed E-state index contributed by atoms with van der Waals surface area (Å²) in [5.74, 6) is -0.161. The highest BCUT2D eigenvalue weighted by molar-refractivity contribution is 5.81. The maximum absolute atomic E-state index is 12.7. The zero-order chi connectivity index (χ0) is 18.7. The summed E-state index contributed by atoms with van der Waals surface area (Å²) < 4.78 is 1.25. The summed E-state index contributed by atoms with van der Waals surface area (Å²) in [6.45, 7) is 2.35. The number of amides is 1. The monoisotopic (exact) mass is 356 g/mol. The number of nitro groups is 1. The normalized spacial score (nSPS) is 14.1. The molecule has 2 aromatic rings. The quantitative estimate of drug-likeness (QED) is 0.606. The number of allylic oxidation sites excluding steroid dienone is 2. The van der Waals surface area contributed by atoms with Crippen LogP contribution in [0.1, 0.15) is 32.6 Å². The van der Waals surface area contributed by atoms with Crippen molar-refractivity contribution in [1.29, 1.82) is 0 Å². The molecule has 136 valence electrons. The summed E-state index contributed by atoms with van der Waals surface area (Å²) in [5, 5.41) is 11.1. The first-order chi connectivity index (χ1) is 12.5. The van der Waals surface area contributed by atoms with Crippen molar-refractivity contribution in [1.82, 2.24) is 14.5 Å².